The van der Waals surface area contributed by atoms with Gasteiger partial charge in [0.05, 0.1) is 13.3 Å². The Kier molecular flexibility index (Phi) is 5.79. The molecule has 0 radical (unpaired) electrons. The number of nitrogens with zero attached hydrogens (tertiary/aromatic N) is 2. The molecule has 4 heteroatoms. The summed E-state index contributed by atoms with van der Waals surface area (Å²) in [5.41, 5.74) is 5.35. The van der Waals surface area contributed by atoms with Crippen LogP contribution >= 0.6 is 0 Å². The third-order valence-corrected chi connectivity index (χ3v) is 5.16. The molecule has 1 aromatic carbocycles. The number of methoxy groups -OCH3 is 1. The Labute approximate surface area is 151 Å². The molecule has 136 valence electrons. The summed E-state index contributed by atoms with van der Waals surface area (Å²) in [6.07, 6.45) is 5.65. The largest absolute Gasteiger partial charge is 0.496 e. The number of piperidine rings is 1. The minimum Gasteiger partial charge on any atom is -0.496 e. The van der Waals surface area contributed by atoms with E-state index in [4.69, 9.17) is 4.74 Å². The summed E-state index contributed by atoms with van der Waals surface area (Å²) in [6.45, 7) is 9.96. The van der Waals surface area contributed by atoms with Crippen molar-refractivity contribution in [3.63, 3.8) is 0 Å². The van der Waals surface area contributed by atoms with Gasteiger partial charge in [0, 0.05) is 24.7 Å². The van der Waals surface area contributed by atoms with Gasteiger partial charge < -0.3 is 4.74 Å². The summed E-state index contributed by atoms with van der Waals surface area (Å²) in [5.74, 6) is 2.21. The highest BCUT2D eigenvalue weighted by Gasteiger charge is 2.25. The van der Waals surface area contributed by atoms with Gasteiger partial charge in [0.25, 0.3) is 0 Å². The molecule has 0 unspecified atom stereocenters. The van der Waals surface area contributed by atoms with E-state index in [-0.39, 0.29) is 0 Å². The second-order valence-electron chi connectivity index (χ2n) is 7.79. The fourth-order valence-electron chi connectivity index (χ4n) is 4.01. The summed E-state index contributed by atoms with van der Waals surface area (Å²) in [7, 11) is 1.73. The lowest BCUT2D eigenvalue weighted by molar-refractivity contribution is 0.198. The van der Waals surface area contributed by atoms with Crippen molar-refractivity contribution in [1.29, 1.82) is 0 Å². The van der Waals surface area contributed by atoms with E-state index >= 15 is 0 Å². The molecule has 1 aliphatic rings. The molecule has 1 saturated heterocycles. The van der Waals surface area contributed by atoms with E-state index in [1.54, 1.807) is 7.11 Å². The number of hydrogen-bond acceptors (Lipinski definition) is 3. The molecule has 0 amide bonds. The van der Waals surface area contributed by atoms with Crippen molar-refractivity contribution in [2.45, 2.75) is 52.5 Å². The number of hydrogen-bond donors (Lipinski definition) is 1. The molecule has 0 saturated carbocycles. The predicted octanol–water partition coefficient (Wildman–Crippen LogP) is 4.30. The molecule has 25 heavy (non-hydrogen) atoms. The fraction of sp³-hybridized carbons (Fsp3) is 0.571. The minimum atomic E-state index is 0.573. The summed E-state index contributed by atoms with van der Waals surface area (Å²) in [6, 6.07) is 6.53. The van der Waals surface area contributed by atoms with Crippen molar-refractivity contribution in [3.05, 3.63) is 46.8 Å². The molecule has 1 N–H and O–H groups in total. The van der Waals surface area contributed by atoms with Crippen LogP contribution in [0.3, 0.4) is 0 Å². The number of likely N-dealkylation sites (tertiary alicyclic amines) is 1. The number of nitrogens with one attached hydrogen (secondary N) is 1. The van der Waals surface area contributed by atoms with Gasteiger partial charge in [-0.2, -0.15) is 5.10 Å². The number of rotatable bonds is 6. The molecule has 4 nitrogen and oxygen atoms in total. The molecule has 2 heterocycles. The van der Waals surface area contributed by atoms with Crippen LogP contribution in [0, 0.1) is 12.8 Å². The van der Waals surface area contributed by atoms with Gasteiger partial charge >= 0.3 is 0 Å². The topological polar surface area (TPSA) is 41.1 Å². The van der Waals surface area contributed by atoms with E-state index in [0.717, 1.165) is 25.3 Å². The van der Waals surface area contributed by atoms with Crippen molar-refractivity contribution in [2.75, 3.05) is 20.2 Å². The van der Waals surface area contributed by atoms with E-state index in [0.29, 0.717) is 11.8 Å². The van der Waals surface area contributed by atoms with Crippen LogP contribution in [-0.4, -0.2) is 35.3 Å². The fourth-order valence-corrected chi connectivity index (χ4v) is 4.01. The highest BCUT2D eigenvalue weighted by atomic mass is 16.5. The van der Waals surface area contributed by atoms with Gasteiger partial charge in [0.1, 0.15) is 5.75 Å². The zero-order valence-electron chi connectivity index (χ0n) is 16.0. The second kappa shape index (κ2) is 8.05. The van der Waals surface area contributed by atoms with Crippen LogP contribution < -0.4 is 4.74 Å². The maximum atomic E-state index is 5.38. The summed E-state index contributed by atoms with van der Waals surface area (Å²) in [4.78, 5) is 2.58. The summed E-state index contributed by atoms with van der Waals surface area (Å²) in [5, 5.41) is 7.63. The predicted molar refractivity (Wildman–Crippen MR) is 102 cm³/mol. The van der Waals surface area contributed by atoms with Crippen LogP contribution in [-0.2, 0) is 13.0 Å². The smallest absolute Gasteiger partial charge is 0.121 e. The number of H-pyrrole nitrogens is 1. The van der Waals surface area contributed by atoms with Gasteiger partial charge in [-0.25, -0.2) is 0 Å². The first-order chi connectivity index (χ1) is 12.1. The number of benzene rings is 1. The lowest BCUT2D eigenvalue weighted by Crippen LogP contribution is -2.34. The Morgan fingerprint density at radius 1 is 1.36 bits per heavy atom. The lowest BCUT2D eigenvalue weighted by atomic mass is 9.90. The maximum Gasteiger partial charge on any atom is 0.121 e. The number of aryl methyl sites for hydroxylation is 1. The van der Waals surface area contributed by atoms with Crippen molar-refractivity contribution >= 4 is 0 Å². The van der Waals surface area contributed by atoms with Gasteiger partial charge in [-0.15, -0.1) is 0 Å². The monoisotopic (exact) mass is 341 g/mol. The summed E-state index contributed by atoms with van der Waals surface area (Å²) < 4.78 is 5.38. The summed E-state index contributed by atoms with van der Waals surface area (Å²) >= 11 is 0. The highest BCUT2D eigenvalue weighted by molar-refractivity contribution is 5.36. The minimum absolute atomic E-state index is 0.573. The first kappa shape index (κ1) is 18.0. The highest BCUT2D eigenvalue weighted by Crippen LogP contribution is 2.30. The third-order valence-electron chi connectivity index (χ3n) is 5.16. The zero-order valence-corrected chi connectivity index (χ0v) is 16.0. The van der Waals surface area contributed by atoms with Crippen molar-refractivity contribution in [2.24, 2.45) is 5.92 Å². The quantitative estimate of drug-likeness (QED) is 0.851. The second-order valence-corrected chi connectivity index (χ2v) is 7.79. The van der Waals surface area contributed by atoms with Crippen molar-refractivity contribution in [3.8, 4) is 5.75 Å². The van der Waals surface area contributed by atoms with Crippen LogP contribution in [0.15, 0.2) is 24.4 Å². The van der Waals surface area contributed by atoms with Crippen LogP contribution in [0.1, 0.15) is 55.0 Å². The van der Waals surface area contributed by atoms with E-state index in [1.807, 2.05) is 6.20 Å². The van der Waals surface area contributed by atoms with E-state index in [9.17, 15) is 0 Å². The van der Waals surface area contributed by atoms with Gasteiger partial charge in [-0.3, -0.25) is 10.00 Å². The van der Waals surface area contributed by atoms with Crippen molar-refractivity contribution in [1.82, 2.24) is 15.1 Å². The first-order valence-corrected chi connectivity index (χ1v) is 9.44. The molecule has 2 aromatic rings. The normalized spacial score (nSPS) is 18.7. The van der Waals surface area contributed by atoms with Crippen LogP contribution in [0.25, 0.3) is 0 Å². The molecular weight excluding hydrogens is 310 g/mol. The van der Waals surface area contributed by atoms with Gasteiger partial charge in [-0.05, 0) is 61.4 Å². The molecule has 3 rings (SSSR count). The molecular formula is C21H31N3O. The Balaban J connectivity index is 1.67. The first-order valence-electron chi connectivity index (χ1n) is 9.44. The van der Waals surface area contributed by atoms with Crippen molar-refractivity contribution < 1.29 is 4.74 Å². The van der Waals surface area contributed by atoms with E-state index in [2.05, 4.69) is 54.1 Å². The molecule has 1 fully saturated rings. The third kappa shape index (κ3) is 4.43. The number of ether oxygens (including phenoxy) is 1. The standard InChI is InChI=1S/C21H31N3O/c1-15(2)10-19-12-22-23-21(19)18-6-5-9-24(14-18)13-17-7-8-20(25-4)16(3)11-17/h7-8,11-12,15,18H,5-6,9-10,13-14H2,1-4H3,(H,22,23)/t18-/m1/s1. The van der Waals surface area contributed by atoms with Gasteiger partial charge in [0.15, 0.2) is 0 Å². The number of aromatic amines is 1. The lowest BCUT2D eigenvalue weighted by Gasteiger charge is -2.33. The average Bonchev–Trinajstić information content (AvgIpc) is 3.03. The molecule has 0 aliphatic carbocycles. The molecule has 1 atom stereocenters. The maximum absolute atomic E-state index is 5.38. The molecule has 1 aliphatic heterocycles. The molecule has 0 bridgehead atoms. The van der Waals surface area contributed by atoms with Crippen LogP contribution in [0.4, 0.5) is 0 Å². The average molecular weight is 341 g/mol. The van der Waals surface area contributed by atoms with E-state index < -0.39 is 0 Å². The van der Waals surface area contributed by atoms with Gasteiger partial charge in [-0.1, -0.05) is 26.0 Å². The van der Waals surface area contributed by atoms with Crippen LogP contribution in [0.5, 0.6) is 5.75 Å². The van der Waals surface area contributed by atoms with Crippen LogP contribution in [0.2, 0.25) is 0 Å². The van der Waals surface area contributed by atoms with E-state index in [1.165, 1.54) is 41.8 Å². The zero-order chi connectivity index (χ0) is 17.8. The SMILES string of the molecule is COc1ccc(CN2CCC[C@@H](c3[nH]ncc3CC(C)C)C2)cc1C. The number of aromatic nitrogens is 2. The molecule has 0 spiro atoms. The Bertz CT molecular complexity index is 692. The Hall–Kier alpha value is -1.81. The molecule has 1 aromatic heterocycles. The Morgan fingerprint density at radius 2 is 2.20 bits per heavy atom. The van der Waals surface area contributed by atoms with Gasteiger partial charge in [0.2, 0.25) is 0 Å². The Morgan fingerprint density at radius 3 is 2.92 bits per heavy atom.